The highest BCUT2D eigenvalue weighted by molar-refractivity contribution is 7.86. The largest absolute Gasteiger partial charge is 0.399 e. The average molecular weight is 319 g/mol. The van der Waals surface area contributed by atoms with Gasteiger partial charge in [-0.1, -0.05) is 11.6 Å². The Kier molecular flexibility index (Phi) is 3.75. The zero-order valence-electron chi connectivity index (χ0n) is 9.71. The molecule has 7 nitrogen and oxygen atoms in total. The predicted molar refractivity (Wildman–Crippen MR) is 71.0 cm³/mol. The van der Waals surface area contributed by atoms with Crippen LogP contribution in [0.1, 0.15) is 0 Å². The van der Waals surface area contributed by atoms with Crippen LogP contribution in [0.3, 0.4) is 0 Å². The first-order chi connectivity index (χ1) is 9.27. The van der Waals surface area contributed by atoms with Crippen LogP contribution >= 0.6 is 11.6 Å². The second-order valence-electron chi connectivity index (χ2n) is 3.69. The van der Waals surface area contributed by atoms with E-state index < -0.39 is 21.0 Å². The van der Waals surface area contributed by atoms with E-state index in [0.717, 1.165) is 12.3 Å². The van der Waals surface area contributed by atoms with Gasteiger partial charge in [-0.15, -0.1) is 0 Å². The summed E-state index contributed by atoms with van der Waals surface area (Å²) in [5, 5.41) is 2.17. The molecule has 0 fully saturated rings. The summed E-state index contributed by atoms with van der Waals surface area (Å²) in [4.78, 5) is 6.62. The van der Waals surface area contributed by atoms with E-state index in [1.807, 2.05) is 0 Å². The molecule has 1 aromatic carbocycles. The minimum atomic E-state index is -4.48. The molecule has 0 aliphatic rings. The zero-order chi connectivity index (χ0) is 14.9. The molecule has 0 aliphatic heterocycles. The van der Waals surface area contributed by atoms with Crippen molar-refractivity contribution < 1.29 is 17.4 Å². The topological polar surface area (TPSA) is 118 Å². The van der Waals surface area contributed by atoms with E-state index in [1.54, 1.807) is 0 Å². The van der Waals surface area contributed by atoms with Gasteiger partial charge in [0.05, 0.1) is 11.9 Å². The van der Waals surface area contributed by atoms with Crippen molar-refractivity contribution in [1.29, 1.82) is 0 Å². The maximum absolute atomic E-state index is 13.2. The number of benzene rings is 1. The Balaban J connectivity index is 2.47. The van der Waals surface area contributed by atoms with E-state index in [-0.39, 0.29) is 22.3 Å². The van der Waals surface area contributed by atoms with Gasteiger partial charge in [-0.2, -0.15) is 17.8 Å². The van der Waals surface area contributed by atoms with Crippen LogP contribution in [0.15, 0.2) is 29.3 Å². The second-order valence-corrected chi connectivity index (χ2v) is 5.49. The first-order valence-corrected chi connectivity index (χ1v) is 6.91. The lowest BCUT2D eigenvalue weighted by molar-refractivity contribution is 0.483. The second kappa shape index (κ2) is 5.19. The van der Waals surface area contributed by atoms with Crippen LogP contribution in [0.4, 0.5) is 21.7 Å². The first kappa shape index (κ1) is 14.4. The molecule has 10 heteroatoms. The van der Waals surface area contributed by atoms with Gasteiger partial charge >= 0.3 is 0 Å². The van der Waals surface area contributed by atoms with E-state index in [2.05, 4.69) is 15.3 Å². The highest BCUT2D eigenvalue weighted by Gasteiger charge is 2.17. The molecule has 0 saturated heterocycles. The van der Waals surface area contributed by atoms with E-state index in [4.69, 9.17) is 21.9 Å². The molecule has 0 radical (unpaired) electrons. The number of halogens is 2. The molecular formula is C10H8ClFN4O3S. The van der Waals surface area contributed by atoms with Gasteiger partial charge in [-0.25, -0.2) is 4.98 Å². The molecule has 1 aromatic heterocycles. The number of hydrogen-bond donors (Lipinski definition) is 3. The van der Waals surface area contributed by atoms with Gasteiger partial charge in [0.2, 0.25) is 11.9 Å². The Labute approximate surface area is 118 Å². The van der Waals surface area contributed by atoms with E-state index >= 15 is 0 Å². The van der Waals surface area contributed by atoms with Crippen LogP contribution in [0.25, 0.3) is 0 Å². The van der Waals surface area contributed by atoms with Crippen LogP contribution in [0.2, 0.25) is 5.02 Å². The minimum absolute atomic E-state index is 0.0887. The fourth-order valence-corrected chi connectivity index (χ4v) is 2.12. The molecule has 0 amide bonds. The lowest BCUT2D eigenvalue weighted by atomic mass is 10.3. The quantitative estimate of drug-likeness (QED) is 0.449. The lowest BCUT2D eigenvalue weighted by Gasteiger charge is -2.09. The summed E-state index contributed by atoms with van der Waals surface area (Å²) in [7, 11) is -4.48. The number of nitrogen functional groups attached to an aromatic ring is 1. The number of anilines is 3. The van der Waals surface area contributed by atoms with Gasteiger partial charge in [-0.05, 0) is 18.2 Å². The third kappa shape index (κ3) is 3.13. The number of hydrogen-bond acceptors (Lipinski definition) is 6. The van der Waals surface area contributed by atoms with Crippen LogP contribution < -0.4 is 11.1 Å². The molecule has 0 saturated carbocycles. The molecule has 2 aromatic rings. The van der Waals surface area contributed by atoms with Crippen LogP contribution in [-0.4, -0.2) is 22.9 Å². The minimum Gasteiger partial charge on any atom is -0.399 e. The highest BCUT2D eigenvalue weighted by atomic mass is 35.5. The average Bonchev–Trinajstić information content (AvgIpc) is 2.32. The molecule has 0 spiro atoms. The van der Waals surface area contributed by atoms with Crippen LogP contribution in [0, 0.1) is 5.95 Å². The van der Waals surface area contributed by atoms with Gasteiger partial charge in [0.25, 0.3) is 10.1 Å². The van der Waals surface area contributed by atoms with Crippen LogP contribution in [0.5, 0.6) is 0 Å². The molecule has 1 heterocycles. The molecule has 2 rings (SSSR count). The summed E-state index contributed by atoms with van der Waals surface area (Å²) in [5.41, 5.74) is 5.67. The summed E-state index contributed by atoms with van der Waals surface area (Å²) in [6.45, 7) is 0. The molecule has 4 N–H and O–H groups in total. The van der Waals surface area contributed by atoms with Crippen molar-refractivity contribution in [1.82, 2.24) is 9.97 Å². The fraction of sp³-hybridized carbons (Fsp3) is 0. The summed E-state index contributed by atoms with van der Waals surface area (Å²) >= 11 is 5.43. The highest BCUT2D eigenvalue weighted by Crippen LogP contribution is 2.26. The van der Waals surface area contributed by atoms with E-state index in [1.165, 1.54) is 12.1 Å². The number of nitrogens with zero attached hydrogens (tertiary/aromatic N) is 2. The summed E-state index contributed by atoms with van der Waals surface area (Å²) in [5.74, 6) is -1.20. The molecule has 0 aliphatic carbocycles. The maximum atomic E-state index is 13.2. The Morgan fingerprint density at radius 3 is 2.70 bits per heavy atom. The maximum Gasteiger partial charge on any atom is 0.296 e. The van der Waals surface area contributed by atoms with Crippen molar-refractivity contribution in [2.45, 2.75) is 4.90 Å². The van der Waals surface area contributed by atoms with Crippen LogP contribution in [-0.2, 0) is 10.1 Å². The Bertz CT molecular complexity index is 769. The number of nitrogens with two attached hydrogens (primary N) is 1. The number of nitrogens with one attached hydrogen (secondary N) is 1. The van der Waals surface area contributed by atoms with Crippen molar-refractivity contribution in [3.8, 4) is 0 Å². The first-order valence-electron chi connectivity index (χ1n) is 5.09. The molecule has 20 heavy (non-hydrogen) atoms. The van der Waals surface area contributed by atoms with Gasteiger partial charge in [0, 0.05) is 5.69 Å². The molecule has 0 atom stereocenters. The van der Waals surface area contributed by atoms with Gasteiger partial charge in [0.1, 0.15) is 9.92 Å². The predicted octanol–water partition coefficient (Wildman–Crippen LogP) is 1.84. The summed E-state index contributed by atoms with van der Waals surface area (Å²) < 4.78 is 44.7. The molecule has 0 unspecified atom stereocenters. The normalized spacial score (nSPS) is 11.3. The lowest BCUT2D eigenvalue weighted by Crippen LogP contribution is -2.06. The fourth-order valence-electron chi connectivity index (χ4n) is 1.40. The standard InChI is InChI=1S/C10H8ClFN4O3S/c11-6-4-14-10(16-9(6)12)15-7-3-5(13)1-2-8(7)20(17,18)19/h1-4H,13H2,(H,14,15,16)(H,17,18,19). The van der Waals surface area contributed by atoms with Crippen molar-refractivity contribution in [2.24, 2.45) is 0 Å². The van der Waals surface area contributed by atoms with Crippen molar-refractivity contribution >= 4 is 39.0 Å². The molecule has 0 bridgehead atoms. The summed E-state index contributed by atoms with van der Waals surface area (Å²) in [6.07, 6.45) is 1.01. The molecular weight excluding hydrogens is 311 g/mol. The van der Waals surface area contributed by atoms with Gasteiger partial charge < -0.3 is 11.1 Å². The van der Waals surface area contributed by atoms with Crippen molar-refractivity contribution in [2.75, 3.05) is 11.1 Å². The Morgan fingerprint density at radius 1 is 1.40 bits per heavy atom. The monoisotopic (exact) mass is 318 g/mol. The third-order valence-corrected chi connectivity index (χ3v) is 3.39. The summed E-state index contributed by atoms with van der Waals surface area (Å²) in [6, 6.07) is 3.62. The van der Waals surface area contributed by atoms with Crippen molar-refractivity contribution in [3.63, 3.8) is 0 Å². The SMILES string of the molecule is Nc1ccc(S(=O)(=O)O)c(Nc2ncc(Cl)c(F)n2)c1. The number of aromatic nitrogens is 2. The van der Waals surface area contributed by atoms with Crippen molar-refractivity contribution in [3.05, 3.63) is 35.4 Å². The zero-order valence-corrected chi connectivity index (χ0v) is 11.3. The Hall–Kier alpha value is -1.97. The van der Waals surface area contributed by atoms with E-state index in [0.29, 0.717) is 0 Å². The molecule has 106 valence electrons. The number of rotatable bonds is 3. The third-order valence-electron chi connectivity index (χ3n) is 2.23. The van der Waals surface area contributed by atoms with E-state index in [9.17, 15) is 12.8 Å². The Morgan fingerprint density at radius 2 is 2.10 bits per heavy atom. The van der Waals surface area contributed by atoms with Gasteiger partial charge in [-0.3, -0.25) is 4.55 Å². The smallest absolute Gasteiger partial charge is 0.296 e. The van der Waals surface area contributed by atoms with Gasteiger partial charge in [0.15, 0.2) is 0 Å².